The highest BCUT2D eigenvalue weighted by Gasteiger charge is 2.19. The third-order valence-electron chi connectivity index (χ3n) is 3.55. The minimum atomic E-state index is -0.180. The van der Waals surface area contributed by atoms with Crippen LogP contribution in [0, 0.1) is 11.7 Å². The van der Waals surface area contributed by atoms with Gasteiger partial charge in [0.1, 0.15) is 5.82 Å². The lowest BCUT2D eigenvalue weighted by Gasteiger charge is -2.16. The lowest BCUT2D eigenvalue weighted by molar-refractivity contribution is 0.335. The second-order valence-electron chi connectivity index (χ2n) is 4.80. The van der Waals surface area contributed by atoms with Crippen LogP contribution in [0.25, 0.3) is 0 Å². The molecular formula is C14H21FN2. The second-order valence-corrected chi connectivity index (χ2v) is 4.80. The number of benzene rings is 1. The molecule has 1 atom stereocenters. The van der Waals surface area contributed by atoms with Crippen molar-refractivity contribution >= 4 is 5.69 Å². The van der Waals surface area contributed by atoms with E-state index in [1.54, 1.807) is 12.1 Å². The first-order chi connectivity index (χ1) is 8.28. The van der Waals surface area contributed by atoms with Gasteiger partial charge in [-0.05, 0) is 43.1 Å². The Hall–Kier alpha value is -1.09. The predicted molar refractivity (Wildman–Crippen MR) is 69.7 cm³/mol. The molecule has 1 heterocycles. The first-order valence-electron chi connectivity index (χ1n) is 6.49. The zero-order valence-electron chi connectivity index (χ0n) is 10.5. The zero-order chi connectivity index (χ0) is 12.1. The van der Waals surface area contributed by atoms with Gasteiger partial charge in [-0.3, -0.25) is 0 Å². The molecule has 0 radical (unpaired) electrons. The largest absolute Gasteiger partial charge is 0.384 e. The second kappa shape index (κ2) is 6.01. The molecule has 0 spiro atoms. The molecule has 0 bridgehead atoms. The van der Waals surface area contributed by atoms with E-state index >= 15 is 0 Å². The molecule has 2 nitrogen and oxygen atoms in total. The van der Waals surface area contributed by atoms with Gasteiger partial charge in [-0.25, -0.2) is 4.39 Å². The van der Waals surface area contributed by atoms with Crippen molar-refractivity contribution in [2.75, 3.05) is 31.5 Å². The summed E-state index contributed by atoms with van der Waals surface area (Å²) in [5.74, 6) is 0.710. The molecule has 1 aliphatic rings. The first kappa shape index (κ1) is 12.4. The van der Waals surface area contributed by atoms with E-state index in [0.717, 1.165) is 24.7 Å². The Morgan fingerprint density at radius 2 is 2.12 bits per heavy atom. The predicted octanol–water partition coefficient (Wildman–Crippen LogP) is 2.97. The van der Waals surface area contributed by atoms with Gasteiger partial charge in [0.05, 0.1) is 0 Å². The number of hydrogen-bond acceptors (Lipinski definition) is 2. The van der Waals surface area contributed by atoms with Crippen LogP contribution in [-0.2, 0) is 0 Å². The molecule has 1 aromatic carbocycles. The first-order valence-corrected chi connectivity index (χ1v) is 6.49. The van der Waals surface area contributed by atoms with Crippen LogP contribution in [0.1, 0.15) is 19.8 Å². The van der Waals surface area contributed by atoms with Crippen molar-refractivity contribution in [3.63, 3.8) is 0 Å². The van der Waals surface area contributed by atoms with Crippen LogP contribution in [0.15, 0.2) is 24.3 Å². The Kier molecular flexibility index (Phi) is 4.37. The lowest BCUT2D eigenvalue weighted by Crippen LogP contribution is -2.26. The summed E-state index contributed by atoms with van der Waals surface area (Å²) in [6.07, 6.45) is 2.63. The van der Waals surface area contributed by atoms with Crippen LogP contribution in [0.3, 0.4) is 0 Å². The number of nitrogens with zero attached hydrogens (tertiary/aromatic N) is 1. The summed E-state index contributed by atoms with van der Waals surface area (Å²) in [6.45, 7) is 6.74. The van der Waals surface area contributed by atoms with Crippen LogP contribution in [0.4, 0.5) is 10.1 Å². The maximum atomic E-state index is 12.7. The molecule has 1 unspecified atom stereocenters. The highest BCUT2D eigenvalue weighted by molar-refractivity contribution is 5.42. The third-order valence-corrected chi connectivity index (χ3v) is 3.55. The van der Waals surface area contributed by atoms with Gasteiger partial charge in [-0.1, -0.05) is 13.3 Å². The van der Waals surface area contributed by atoms with E-state index in [0.29, 0.717) is 0 Å². The minimum absolute atomic E-state index is 0.180. The van der Waals surface area contributed by atoms with Crippen molar-refractivity contribution < 1.29 is 4.39 Å². The van der Waals surface area contributed by atoms with Crippen molar-refractivity contribution in [2.24, 2.45) is 5.92 Å². The summed E-state index contributed by atoms with van der Waals surface area (Å²) in [7, 11) is 0. The van der Waals surface area contributed by atoms with E-state index in [1.165, 1.54) is 38.1 Å². The topological polar surface area (TPSA) is 15.3 Å². The van der Waals surface area contributed by atoms with Crippen molar-refractivity contribution in [3.8, 4) is 0 Å². The summed E-state index contributed by atoms with van der Waals surface area (Å²) < 4.78 is 12.7. The number of likely N-dealkylation sites (tertiary alicyclic amines) is 1. The van der Waals surface area contributed by atoms with Gasteiger partial charge in [-0.15, -0.1) is 0 Å². The molecule has 0 saturated carbocycles. The van der Waals surface area contributed by atoms with Gasteiger partial charge in [0.25, 0.3) is 0 Å². The summed E-state index contributed by atoms with van der Waals surface area (Å²) >= 11 is 0. The van der Waals surface area contributed by atoms with Gasteiger partial charge in [0.2, 0.25) is 0 Å². The SMILES string of the molecule is CCC1CCN(CCNc2ccc(F)cc2)C1. The standard InChI is InChI=1S/C14H21FN2/c1-2-12-7-9-17(11-12)10-8-16-14-5-3-13(15)4-6-14/h3-6,12,16H,2,7-11H2,1H3. The van der Waals surface area contributed by atoms with Crippen LogP contribution in [0.5, 0.6) is 0 Å². The molecular weight excluding hydrogens is 215 g/mol. The Labute approximate surface area is 103 Å². The van der Waals surface area contributed by atoms with Crippen LogP contribution < -0.4 is 5.32 Å². The van der Waals surface area contributed by atoms with Gasteiger partial charge in [-0.2, -0.15) is 0 Å². The van der Waals surface area contributed by atoms with E-state index in [9.17, 15) is 4.39 Å². The Morgan fingerprint density at radius 3 is 2.76 bits per heavy atom. The summed E-state index contributed by atoms with van der Waals surface area (Å²) in [6, 6.07) is 6.55. The highest BCUT2D eigenvalue weighted by Crippen LogP contribution is 2.18. The van der Waals surface area contributed by atoms with E-state index in [1.807, 2.05) is 0 Å². The molecule has 0 amide bonds. The Morgan fingerprint density at radius 1 is 1.35 bits per heavy atom. The zero-order valence-corrected chi connectivity index (χ0v) is 10.5. The minimum Gasteiger partial charge on any atom is -0.384 e. The molecule has 3 heteroatoms. The highest BCUT2D eigenvalue weighted by atomic mass is 19.1. The summed E-state index contributed by atoms with van der Waals surface area (Å²) in [4.78, 5) is 2.50. The van der Waals surface area contributed by atoms with Crippen LogP contribution >= 0.6 is 0 Å². The number of nitrogens with one attached hydrogen (secondary N) is 1. The molecule has 17 heavy (non-hydrogen) atoms. The van der Waals surface area contributed by atoms with Gasteiger partial charge in [0, 0.05) is 25.3 Å². The summed E-state index contributed by atoms with van der Waals surface area (Å²) in [5.41, 5.74) is 0.998. The maximum Gasteiger partial charge on any atom is 0.123 e. The summed E-state index contributed by atoms with van der Waals surface area (Å²) in [5, 5.41) is 3.32. The fourth-order valence-electron chi connectivity index (χ4n) is 2.38. The average Bonchev–Trinajstić information content (AvgIpc) is 2.80. The lowest BCUT2D eigenvalue weighted by atomic mass is 10.1. The molecule has 0 aromatic heterocycles. The Balaban J connectivity index is 1.68. The average molecular weight is 236 g/mol. The number of halogens is 1. The van der Waals surface area contributed by atoms with Crippen molar-refractivity contribution in [1.82, 2.24) is 4.90 Å². The fourth-order valence-corrected chi connectivity index (χ4v) is 2.38. The van der Waals surface area contributed by atoms with Crippen LogP contribution in [-0.4, -0.2) is 31.1 Å². The molecule has 1 N–H and O–H groups in total. The van der Waals surface area contributed by atoms with Gasteiger partial charge < -0.3 is 10.2 Å². The van der Waals surface area contributed by atoms with Gasteiger partial charge >= 0.3 is 0 Å². The van der Waals surface area contributed by atoms with E-state index in [2.05, 4.69) is 17.1 Å². The van der Waals surface area contributed by atoms with E-state index in [4.69, 9.17) is 0 Å². The number of anilines is 1. The van der Waals surface area contributed by atoms with E-state index in [-0.39, 0.29) is 5.82 Å². The van der Waals surface area contributed by atoms with E-state index < -0.39 is 0 Å². The van der Waals surface area contributed by atoms with Crippen molar-refractivity contribution in [1.29, 1.82) is 0 Å². The van der Waals surface area contributed by atoms with Crippen LogP contribution in [0.2, 0.25) is 0 Å². The Bertz CT molecular complexity index is 337. The number of rotatable bonds is 5. The monoisotopic (exact) mass is 236 g/mol. The van der Waals surface area contributed by atoms with Gasteiger partial charge in [0.15, 0.2) is 0 Å². The van der Waals surface area contributed by atoms with Crippen molar-refractivity contribution in [2.45, 2.75) is 19.8 Å². The molecule has 2 rings (SSSR count). The number of hydrogen-bond donors (Lipinski definition) is 1. The normalized spacial score (nSPS) is 20.7. The third kappa shape index (κ3) is 3.70. The molecule has 1 fully saturated rings. The molecule has 0 aliphatic carbocycles. The molecule has 94 valence electrons. The molecule has 1 aromatic rings. The smallest absolute Gasteiger partial charge is 0.123 e. The molecule has 1 aliphatic heterocycles. The quantitative estimate of drug-likeness (QED) is 0.845. The maximum absolute atomic E-state index is 12.7. The van der Waals surface area contributed by atoms with Crippen molar-refractivity contribution in [3.05, 3.63) is 30.1 Å². The fraction of sp³-hybridized carbons (Fsp3) is 0.571. The molecule has 1 saturated heterocycles.